The van der Waals surface area contributed by atoms with Gasteiger partial charge in [0.25, 0.3) is 0 Å². The van der Waals surface area contributed by atoms with Gasteiger partial charge in [-0.1, -0.05) is 44.2 Å². The molecule has 1 saturated carbocycles. The zero-order valence-electron chi connectivity index (χ0n) is 15.2. The van der Waals surface area contributed by atoms with Crippen LogP contribution in [-0.4, -0.2) is 5.78 Å². The van der Waals surface area contributed by atoms with Gasteiger partial charge in [0.05, 0.1) is 0 Å². The molecule has 1 nitrogen and oxygen atoms in total. The monoisotopic (exact) mass is 330 g/mol. The summed E-state index contributed by atoms with van der Waals surface area (Å²) in [4.78, 5) is 12.7. The van der Waals surface area contributed by atoms with E-state index in [9.17, 15) is 4.79 Å². The largest absolute Gasteiger partial charge is 0.294 e. The lowest BCUT2D eigenvalue weighted by atomic mass is 9.62. The molecule has 0 aliphatic heterocycles. The van der Waals surface area contributed by atoms with E-state index in [0.717, 1.165) is 30.7 Å². The topological polar surface area (TPSA) is 17.1 Å². The third-order valence-electron chi connectivity index (χ3n) is 6.88. The van der Waals surface area contributed by atoms with Crippen molar-refractivity contribution >= 4 is 16.6 Å². The number of benzene rings is 2. The molecule has 5 rings (SSSR count). The minimum Gasteiger partial charge on any atom is -0.294 e. The zero-order chi connectivity index (χ0) is 17.2. The van der Waals surface area contributed by atoms with E-state index in [1.54, 1.807) is 0 Å². The summed E-state index contributed by atoms with van der Waals surface area (Å²) in [7, 11) is 0. The smallest absolute Gasteiger partial charge is 0.163 e. The Hall–Kier alpha value is -1.89. The van der Waals surface area contributed by atoms with E-state index in [1.165, 1.54) is 34.7 Å². The third kappa shape index (κ3) is 2.18. The van der Waals surface area contributed by atoms with Crippen molar-refractivity contribution in [1.82, 2.24) is 0 Å². The Labute approximate surface area is 150 Å². The van der Waals surface area contributed by atoms with Crippen LogP contribution < -0.4 is 0 Å². The molecule has 3 aliphatic rings. The van der Waals surface area contributed by atoms with Gasteiger partial charge in [-0.25, -0.2) is 0 Å². The minimum absolute atomic E-state index is 0.224. The maximum Gasteiger partial charge on any atom is 0.163 e. The summed E-state index contributed by atoms with van der Waals surface area (Å²) in [6, 6.07) is 11.2. The molecule has 0 radical (unpaired) electrons. The molecule has 2 aromatic carbocycles. The van der Waals surface area contributed by atoms with Crippen molar-refractivity contribution in [1.29, 1.82) is 0 Å². The molecule has 3 aliphatic carbocycles. The Morgan fingerprint density at radius 2 is 2.08 bits per heavy atom. The molecule has 25 heavy (non-hydrogen) atoms. The number of rotatable bonds is 2. The highest BCUT2D eigenvalue weighted by Gasteiger charge is 2.52. The molecule has 0 amide bonds. The number of ketones is 1. The Bertz CT molecular complexity index is 904. The van der Waals surface area contributed by atoms with Gasteiger partial charge in [0.1, 0.15) is 0 Å². The van der Waals surface area contributed by atoms with E-state index in [1.807, 2.05) is 0 Å². The van der Waals surface area contributed by atoms with E-state index in [2.05, 4.69) is 56.3 Å². The van der Waals surface area contributed by atoms with Crippen molar-refractivity contribution in [2.45, 2.75) is 51.4 Å². The molecule has 3 unspecified atom stereocenters. The van der Waals surface area contributed by atoms with Gasteiger partial charge in [-0.15, -0.1) is 0 Å². The van der Waals surface area contributed by atoms with Crippen molar-refractivity contribution in [2.24, 2.45) is 17.8 Å². The lowest BCUT2D eigenvalue weighted by molar-refractivity contribution is 0.0944. The summed E-state index contributed by atoms with van der Waals surface area (Å²) in [6.07, 6.45) is 10.3. The first-order chi connectivity index (χ1) is 12.1. The lowest BCUT2D eigenvalue weighted by Crippen LogP contribution is -2.37. The summed E-state index contributed by atoms with van der Waals surface area (Å²) in [5, 5.41) is 2.61. The van der Waals surface area contributed by atoms with Gasteiger partial charge >= 0.3 is 0 Å². The first kappa shape index (κ1) is 15.4. The highest BCUT2D eigenvalue weighted by molar-refractivity contribution is 6.03. The molecule has 2 bridgehead atoms. The summed E-state index contributed by atoms with van der Waals surface area (Å²) >= 11 is 0. The summed E-state index contributed by atoms with van der Waals surface area (Å²) < 4.78 is 0. The van der Waals surface area contributed by atoms with Crippen LogP contribution in [0.4, 0.5) is 0 Å². The normalized spacial score (nSPS) is 30.0. The quantitative estimate of drug-likeness (QED) is 0.631. The molecule has 0 N–H and O–H groups in total. The highest BCUT2D eigenvalue weighted by Crippen LogP contribution is 2.58. The van der Waals surface area contributed by atoms with Gasteiger partial charge < -0.3 is 0 Å². The molecule has 1 heteroatoms. The fourth-order valence-electron chi connectivity index (χ4n) is 5.81. The van der Waals surface area contributed by atoms with Gasteiger partial charge in [0.15, 0.2) is 5.78 Å². The SMILES string of the molecule is CC(C)Cc1cccc2cc3c(cc12)C1(CCC3=O)CC2C=CC1C2. The van der Waals surface area contributed by atoms with Crippen LogP contribution in [0, 0.1) is 17.8 Å². The van der Waals surface area contributed by atoms with Crippen LogP contribution in [0.2, 0.25) is 0 Å². The summed E-state index contributed by atoms with van der Waals surface area (Å²) in [5.74, 6) is 2.36. The third-order valence-corrected chi connectivity index (χ3v) is 6.88. The fourth-order valence-corrected chi connectivity index (χ4v) is 5.81. The molecule has 0 saturated heterocycles. The molecule has 1 spiro atoms. The van der Waals surface area contributed by atoms with Gasteiger partial charge in [-0.2, -0.15) is 0 Å². The van der Waals surface area contributed by atoms with Crippen LogP contribution >= 0.6 is 0 Å². The Morgan fingerprint density at radius 3 is 2.80 bits per heavy atom. The maximum atomic E-state index is 12.7. The Balaban J connectivity index is 1.75. The second-order valence-electron chi connectivity index (χ2n) is 8.90. The molecule has 3 atom stereocenters. The molecule has 0 aromatic heterocycles. The Morgan fingerprint density at radius 1 is 1.20 bits per heavy atom. The second kappa shape index (κ2) is 5.30. The number of fused-ring (bicyclic) bond motifs is 6. The highest BCUT2D eigenvalue weighted by atomic mass is 16.1. The van der Waals surface area contributed by atoms with E-state index < -0.39 is 0 Å². The van der Waals surface area contributed by atoms with E-state index in [0.29, 0.717) is 17.6 Å². The minimum atomic E-state index is 0.224. The average Bonchev–Trinajstić information content (AvgIpc) is 3.19. The first-order valence-corrected chi connectivity index (χ1v) is 9.84. The molecule has 128 valence electrons. The number of allylic oxidation sites excluding steroid dienone is 2. The predicted octanol–water partition coefficient (Wildman–Crippen LogP) is 5.85. The van der Waals surface area contributed by atoms with Crippen molar-refractivity contribution in [3.05, 3.63) is 59.2 Å². The predicted molar refractivity (Wildman–Crippen MR) is 103 cm³/mol. The van der Waals surface area contributed by atoms with E-state index >= 15 is 0 Å². The van der Waals surface area contributed by atoms with Gasteiger partial charge in [-0.05, 0) is 77.5 Å². The molecule has 1 fully saturated rings. The zero-order valence-corrected chi connectivity index (χ0v) is 15.2. The lowest BCUT2D eigenvalue weighted by Gasteiger charge is -2.41. The van der Waals surface area contributed by atoms with Crippen LogP contribution in [0.3, 0.4) is 0 Å². The van der Waals surface area contributed by atoms with Gasteiger partial charge in [0.2, 0.25) is 0 Å². The first-order valence-electron chi connectivity index (χ1n) is 9.84. The molecule has 0 heterocycles. The van der Waals surface area contributed by atoms with Gasteiger partial charge in [-0.3, -0.25) is 4.79 Å². The number of carbonyl (C=O) groups is 1. The molecule has 2 aromatic rings. The van der Waals surface area contributed by atoms with Crippen LogP contribution in [-0.2, 0) is 11.8 Å². The number of hydrogen-bond donors (Lipinski definition) is 0. The second-order valence-corrected chi connectivity index (χ2v) is 8.90. The number of carbonyl (C=O) groups excluding carboxylic acids is 1. The summed E-state index contributed by atoms with van der Waals surface area (Å²) in [6.45, 7) is 4.56. The summed E-state index contributed by atoms with van der Waals surface area (Å²) in [5.41, 5.74) is 4.04. The fraction of sp³-hybridized carbons (Fsp3) is 0.458. The standard InChI is InChI=1S/C24H26O/c1-15(2)10-17-4-3-5-18-12-21-22(13-20(17)18)24(9-8-23(21)25)14-16-6-7-19(24)11-16/h3-7,12-13,15-16,19H,8-11,14H2,1-2H3. The van der Waals surface area contributed by atoms with Crippen molar-refractivity contribution < 1.29 is 4.79 Å². The van der Waals surface area contributed by atoms with Crippen LogP contribution in [0.15, 0.2) is 42.5 Å². The molecular weight excluding hydrogens is 304 g/mol. The van der Waals surface area contributed by atoms with Crippen molar-refractivity contribution in [2.75, 3.05) is 0 Å². The van der Waals surface area contributed by atoms with E-state index in [-0.39, 0.29) is 5.41 Å². The van der Waals surface area contributed by atoms with Gasteiger partial charge in [0, 0.05) is 17.4 Å². The number of Topliss-reactive ketones (excluding diaryl/α,β-unsaturated/α-hetero) is 1. The van der Waals surface area contributed by atoms with Crippen molar-refractivity contribution in [3.63, 3.8) is 0 Å². The maximum absolute atomic E-state index is 12.7. The van der Waals surface area contributed by atoms with E-state index in [4.69, 9.17) is 0 Å². The number of hydrogen-bond acceptors (Lipinski definition) is 1. The van der Waals surface area contributed by atoms with Crippen LogP contribution in [0.1, 0.15) is 61.0 Å². The molecular formula is C24H26O. The van der Waals surface area contributed by atoms with Crippen LogP contribution in [0.5, 0.6) is 0 Å². The Kier molecular flexibility index (Phi) is 3.26. The van der Waals surface area contributed by atoms with Crippen LogP contribution in [0.25, 0.3) is 10.8 Å². The average molecular weight is 330 g/mol. The van der Waals surface area contributed by atoms with Crippen molar-refractivity contribution in [3.8, 4) is 0 Å².